The third-order valence-corrected chi connectivity index (χ3v) is 4.11. The topological polar surface area (TPSA) is 62.3 Å². The van der Waals surface area contributed by atoms with E-state index in [0.717, 1.165) is 16.5 Å². The van der Waals surface area contributed by atoms with Gasteiger partial charge < -0.3 is 5.32 Å². The van der Waals surface area contributed by atoms with Crippen LogP contribution in [0.1, 0.15) is 5.56 Å². The van der Waals surface area contributed by atoms with E-state index in [2.05, 4.69) is 10.3 Å². The number of nitrogens with zero attached hydrogens (tertiary/aromatic N) is 2. The molecular weight excluding hydrogens is 314 g/mol. The molecule has 2 aromatic carbocycles. The molecule has 1 aliphatic heterocycles. The van der Waals surface area contributed by atoms with Gasteiger partial charge in [-0.25, -0.2) is 0 Å². The van der Waals surface area contributed by atoms with E-state index in [1.807, 2.05) is 48.5 Å². The molecule has 0 fully saturated rings. The van der Waals surface area contributed by atoms with Crippen molar-refractivity contribution in [2.45, 2.75) is 0 Å². The summed E-state index contributed by atoms with van der Waals surface area (Å²) in [5.41, 5.74) is 3.05. The van der Waals surface area contributed by atoms with Gasteiger partial charge in [-0.15, -0.1) is 0 Å². The Morgan fingerprint density at radius 2 is 1.92 bits per heavy atom. The molecule has 0 saturated carbocycles. The third-order valence-electron chi connectivity index (χ3n) is 4.11. The molecule has 3 aromatic rings. The third kappa shape index (κ3) is 2.87. The smallest absolute Gasteiger partial charge is 0.251 e. The van der Waals surface area contributed by atoms with Crippen LogP contribution in [0.4, 0.5) is 11.4 Å². The van der Waals surface area contributed by atoms with E-state index < -0.39 is 0 Å². The van der Waals surface area contributed by atoms with Gasteiger partial charge in [-0.3, -0.25) is 19.5 Å². The van der Waals surface area contributed by atoms with Crippen molar-refractivity contribution in [3.63, 3.8) is 0 Å². The fourth-order valence-electron chi connectivity index (χ4n) is 2.94. The molecule has 1 aliphatic rings. The number of pyridine rings is 1. The van der Waals surface area contributed by atoms with Gasteiger partial charge in [0, 0.05) is 23.2 Å². The predicted molar refractivity (Wildman–Crippen MR) is 98.2 cm³/mol. The van der Waals surface area contributed by atoms with Crippen LogP contribution in [-0.4, -0.2) is 23.3 Å². The number of hydrogen-bond donors (Lipinski definition) is 1. The minimum Gasteiger partial charge on any atom is -0.323 e. The van der Waals surface area contributed by atoms with E-state index >= 15 is 0 Å². The highest BCUT2D eigenvalue weighted by molar-refractivity contribution is 6.14. The zero-order chi connectivity index (χ0) is 17.2. The number of carbonyl (C=O) groups is 2. The van der Waals surface area contributed by atoms with Gasteiger partial charge in [-0.1, -0.05) is 36.4 Å². The second-order valence-corrected chi connectivity index (χ2v) is 5.75. The summed E-state index contributed by atoms with van der Waals surface area (Å²) >= 11 is 0. The first-order valence-corrected chi connectivity index (χ1v) is 7.94. The van der Waals surface area contributed by atoms with Gasteiger partial charge >= 0.3 is 0 Å². The maximum Gasteiger partial charge on any atom is 0.251 e. The Balaban J connectivity index is 1.66. The SMILES string of the molecule is O=C1CN(C(=O)/C=C/c2cccc3cccnc23)c2ccccc2N1. The van der Waals surface area contributed by atoms with Gasteiger partial charge in [-0.05, 0) is 24.3 Å². The molecular formula is C20H15N3O2. The Kier molecular flexibility index (Phi) is 3.74. The Morgan fingerprint density at radius 3 is 2.84 bits per heavy atom. The summed E-state index contributed by atoms with van der Waals surface area (Å²) in [6.07, 6.45) is 4.96. The monoisotopic (exact) mass is 329 g/mol. The quantitative estimate of drug-likeness (QED) is 0.734. The molecule has 0 radical (unpaired) electrons. The van der Waals surface area contributed by atoms with E-state index in [-0.39, 0.29) is 18.4 Å². The van der Waals surface area contributed by atoms with Crippen molar-refractivity contribution in [3.8, 4) is 0 Å². The summed E-state index contributed by atoms with van der Waals surface area (Å²) in [4.78, 5) is 30.4. The molecule has 2 heterocycles. The highest BCUT2D eigenvalue weighted by Gasteiger charge is 2.25. The van der Waals surface area contributed by atoms with Crippen LogP contribution in [0.2, 0.25) is 0 Å². The molecule has 0 unspecified atom stereocenters. The Hall–Kier alpha value is -3.47. The average Bonchev–Trinajstić information content (AvgIpc) is 2.65. The molecule has 4 rings (SSSR count). The molecule has 25 heavy (non-hydrogen) atoms. The van der Waals surface area contributed by atoms with Crippen molar-refractivity contribution in [1.29, 1.82) is 0 Å². The molecule has 1 aromatic heterocycles. The normalized spacial score (nSPS) is 13.8. The van der Waals surface area contributed by atoms with Crippen LogP contribution in [0.15, 0.2) is 66.9 Å². The summed E-state index contributed by atoms with van der Waals surface area (Å²) in [7, 11) is 0. The second-order valence-electron chi connectivity index (χ2n) is 5.75. The van der Waals surface area contributed by atoms with E-state index in [1.54, 1.807) is 18.3 Å². The van der Waals surface area contributed by atoms with Crippen LogP contribution in [0.3, 0.4) is 0 Å². The first-order valence-electron chi connectivity index (χ1n) is 7.94. The minimum atomic E-state index is -0.241. The highest BCUT2D eigenvalue weighted by Crippen LogP contribution is 2.29. The van der Waals surface area contributed by atoms with Crippen LogP contribution in [0, 0.1) is 0 Å². The Bertz CT molecular complexity index is 1010. The summed E-state index contributed by atoms with van der Waals surface area (Å²) in [6.45, 7) is 0.00791. The van der Waals surface area contributed by atoms with E-state index in [9.17, 15) is 9.59 Å². The van der Waals surface area contributed by atoms with Gasteiger partial charge in [0.05, 0.1) is 16.9 Å². The number of anilines is 2. The summed E-state index contributed by atoms with van der Waals surface area (Å²) in [5.74, 6) is -0.442. The first kappa shape index (κ1) is 15.1. The first-order chi connectivity index (χ1) is 12.2. The second kappa shape index (κ2) is 6.20. The van der Waals surface area contributed by atoms with E-state index in [1.165, 1.54) is 11.0 Å². The lowest BCUT2D eigenvalue weighted by Gasteiger charge is -2.28. The summed E-state index contributed by atoms with van der Waals surface area (Å²) < 4.78 is 0. The molecule has 122 valence electrons. The Labute approximate surface area is 144 Å². The van der Waals surface area contributed by atoms with E-state index in [4.69, 9.17) is 0 Å². The predicted octanol–water partition coefficient (Wildman–Crippen LogP) is 3.23. The molecule has 2 amide bonds. The largest absolute Gasteiger partial charge is 0.323 e. The zero-order valence-corrected chi connectivity index (χ0v) is 13.3. The number of amides is 2. The van der Waals surface area contributed by atoms with Crippen molar-refractivity contribution in [1.82, 2.24) is 4.98 Å². The highest BCUT2D eigenvalue weighted by atomic mass is 16.2. The number of rotatable bonds is 2. The van der Waals surface area contributed by atoms with Gasteiger partial charge in [0.1, 0.15) is 6.54 Å². The van der Waals surface area contributed by atoms with Crippen molar-refractivity contribution in [2.75, 3.05) is 16.8 Å². The van der Waals surface area contributed by atoms with Crippen LogP contribution in [-0.2, 0) is 9.59 Å². The average molecular weight is 329 g/mol. The number of benzene rings is 2. The summed E-state index contributed by atoms with van der Waals surface area (Å²) in [6, 6.07) is 16.9. The maximum absolute atomic E-state index is 12.7. The maximum atomic E-state index is 12.7. The number of nitrogens with one attached hydrogen (secondary N) is 1. The van der Waals surface area contributed by atoms with Gasteiger partial charge in [0.25, 0.3) is 5.91 Å². The Morgan fingerprint density at radius 1 is 1.08 bits per heavy atom. The molecule has 0 atom stereocenters. The molecule has 0 saturated heterocycles. The lowest BCUT2D eigenvalue weighted by atomic mass is 10.1. The van der Waals surface area contributed by atoms with E-state index in [0.29, 0.717) is 11.4 Å². The number of hydrogen-bond acceptors (Lipinski definition) is 3. The molecule has 0 bridgehead atoms. The van der Waals surface area contributed by atoms with Gasteiger partial charge in [-0.2, -0.15) is 0 Å². The fraction of sp³-hybridized carbons (Fsp3) is 0.0500. The molecule has 0 aliphatic carbocycles. The number of aromatic nitrogens is 1. The van der Waals surface area contributed by atoms with Gasteiger partial charge in [0.15, 0.2) is 0 Å². The number of fused-ring (bicyclic) bond motifs is 2. The zero-order valence-electron chi connectivity index (χ0n) is 13.3. The number of para-hydroxylation sites is 3. The van der Waals surface area contributed by atoms with Crippen LogP contribution in [0.5, 0.6) is 0 Å². The van der Waals surface area contributed by atoms with Crippen LogP contribution >= 0.6 is 0 Å². The molecule has 1 N–H and O–H groups in total. The standard InChI is InChI=1S/C20H15N3O2/c24-18-13-23(17-9-2-1-8-16(17)22-18)19(25)11-10-15-6-3-5-14-7-4-12-21-20(14)15/h1-12H,13H2,(H,22,24)/b11-10+. The van der Waals surface area contributed by atoms with Crippen LogP contribution in [0.25, 0.3) is 17.0 Å². The van der Waals surface area contributed by atoms with Crippen molar-refractivity contribution in [3.05, 3.63) is 72.4 Å². The van der Waals surface area contributed by atoms with Gasteiger partial charge in [0.2, 0.25) is 5.91 Å². The lowest BCUT2D eigenvalue weighted by molar-refractivity contribution is -0.119. The molecule has 0 spiro atoms. The van der Waals surface area contributed by atoms with Crippen molar-refractivity contribution in [2.24, 2.45) is 0 Å². The molecule has 5 heteroatoms. The van der Waals surface area contributed by atoms with Crippen molar-refractivity contribution >= 4 is 40.2 Å². The molecule has 5 nitrogen and oxygen atoms in total. The number of carbonyl (C=O) groups excluding carboxylic acids is 2. The van der Waals surface area contributed by atoms with Crippen LogP contribution < -0.4 is 10.2 Å². The van der Waals surface area contributed by atoms with Crippen molar-refractivity contribution < 1.29 is 9.59 Å². The lowest BCUT2D eigenvalue weighted by Crippen LogP contribution is -2.41. The summed E-state index contributed by atoms with van der Waals surface area (Å²) in [5, 5.41) is 3.79. The fourth-order valence-corrected chi connectivity index (χ4v) is 2.94. The minimum absolute atomic E-state index is 0.00791.